The van der Waals surface area contributed by atoms with Gasteiger partial charge >= 0.3 is 5.97 Å². The highest BCUT2D eigenvalue weighted by Crippen LogP contribution is 2.40. The molecule has 0 saturated carbocycles. The maximum absolute atomic E-state index is 12.5. The lowest BCUT2D eigenvalue weighted by molar-refractivity contribution is 0.0603. The summed E-state index contributed by atoms with van der Waals surface area (Å²) >= 11 is 12.9. The third-order valence-corrected chi connectivity index (χ3v) is 5.31. The molecule has 3 rings (SSSR count). The molecule has 0 spiro atoms. The largest absolute Gasteiger partial charge is 0.465 e. The Balaban J connectivity index is 1.93. The lowest BCUT2D eigenvalue weighted by atomic mass is 10.0. The highest BCUT2D eigenvalue weighted by Gasteiger charge is 2.24. The number of methoxy groups -OCH3 is 1. The van der Waals surface area contributed by atoms with Crippen LogP contribution in [0.4, 0.5) is 10.7 Å². The summed E-state index contributed by atoms with van der Waals surface area (Å²) in [6.45, 7) is 1.97. The fourth-order valence-electron chi connectivity index (χ4n) is 2.71. The second kappa shape index (κ2) is 8.52. The molecule has 0 aliphatic carbocycles. The number of hydrogen-bond acceptors (Lipinski definition) is 4. The first-order valence-corrected chi connectivity index (χ1v) is 9.70. The second-order valence-electron chi connectivity index (χ2n) is 5.68. The standard InChI is InChI=1S/C20H17ClN2O2S2/c1-12-16(13-7-4-3-5-8-13)17(19(24)25-2)18(27-12)23-20(26)22-15-10-6-9-14(21)11-15/h3-11H,1-2H3,(H2,22,23,26). The SMILES string of the molecule is COC(=O)c1c(NC(=S)Nc2cccc(Cl)c2)sc(C)c1-c1ccccc1. The van der Waals surface area contributed by atoms with Crippen LogP contribution in [0.3, 0.4) is 0 Å². The molecular weight excluding hydrogens is 400 g/mol. The Hall–Kier alpha value is -2.41. The van der Waals surface area contributed by atoms with E-state index in [0.29, 0.717) is 20.7 Å². The molecule has 4 nitrogen and oxygen atoms in total. The van der Waals surface area contributed by atoms with Gasteiger partial charge in [0.25, 0.3) is 0 Å². The first-order chi connectivity index (χ1) is 13.0. The molecule has 0 saturated heterocycles. The van der Waals surface area contributed by atoms with Gasteiger partial charge in [-0.25, -0.2) is 4.79 Å². The molecule has 0 atom stereocenters. The number of thiocarbonyl (C=S) groups is 1. The number of aryl methyl sites for hydroxylation is 1. The highest BCUT2D eigenvalue weighted by atomic mass is 35.5. The smallest absolute Gasteiger partial charge is 0.341 e. The van der Waals surface area contributed by atoms with Gasteiger partial charge in [0, 0.05) is 21.2 Å². The summed E-state index contributed by atoms with van der Waals surface area (Å²) in [5.74, 6) is -0.411. The van der Waals surface area contributed by atoms with E-state index in [-0.39, 0.29) is 0 Å². The van der Waals surface area contributed by atoms with Gasteiger partial charge in [0.1, 0.15) is 10.6 Å². The molecule has 0 amide bonds. The molecule has 0 aliphatic heterocycles. The summed E-state index contributed by atoms with van der Waals surface area (Å²) in [7, 11) is 1.37. The molecule has 138 valence electrons. The van der Waals surface area contributed by atoms with E-state index in [2.05, 4.69) is 10.6 Å². The third-order valence-electron chi connectivity index (χ3n) is 3.85. The van der Waals surface area contributed by atoms with E-state index in [9.17, 15) is 4.79 Å². The van der Waals surface area contributed by atoms with Crippen LogP contribution in [0, 0.1) is 6.92 Å². The quantitative estimate of drug-likeness (QED) is 0.405. The second-order valence-corrected chi connectivity index (χ2v) is 7.75. The summed E-state index contributed by atoms with van der Waals surface area (Å²) in [6, 6.07) is 17.0. The van der Waals surface area contributed by atoms with Crippen LogP contribution in [0.15, 0.2) is 54.6 Å². The molecule has 3 aromatic rings. The minimum atomic E-state index is -0.411. The van der Waals surface area contributed by atoms with E-state index in [0.717, 1.165) is 21.7 Å². The summed E-state index contributed by atoms with van der Waals surface area (Å²) in [5.41, 5.74) is 3.03. The van der Waals surface area contributed by atoms with Crippen molar-refractivity contribution < 1.29 is 9.53 Å². The molecule has 0 radical (unpaired) electrons. The predicted octanol–water partition coefficient (Wildman–Crippen LogP) is 5.97. The monoisotopic (exact) mass is 416 g/mol. The topological polar surface area (TPSA) is 50.4 Å². The molecule has 1 heterocycles. The number of hydrogen-bond donors (Lipinski definition) is 2. The molecule has 7 heteroatoms. The number of rotatable bonds is 4. The van der Waals surface area contributed by atoms with Crippen LogP contribution in [0.2, 0.25) is 5.02 Å². The summed E-state index contributed by atoms with van der Waals surface area (Å²) in [5, 5.41) is 7.80. The Bertz CT molecular complexity index is 987. The number of benzene rings is 2. The number of anilines is 2. The highest BCUT2D eigenvalue weighted by molar-refractivity contribution is 7.80. The van der Waals surface area contributed by atoms with Crippen LogP contribution in [0.25, 0.3) is 11.1 Å². The molecule has 27 heavy (non-hydrogen) atoms. The Labute approximate surface area is 172 Å². The van der Waals surface area contributed by atoms with Crippen molar-refractivity contribution >= 4 is 56.9 Å². The normalized spacial score (nSPS) is 10.3. The lowest BCUT2D eigenvalue weighted by Gasteiger charge is -2.11. The van der Waals surface area contributed by atoms with Gasteiger partial charge in [-0.3, -0.25) is 0 Å². The minimum Gasteiger partial charge on any atom is -0.465 e. The summed E-state index contributed by atoms with van der Waals surface area (Å²) in [4.78, 5) is 13.5. The van der Waals surface area contributed by atoms with Crippen molar-refractivity contribution in [3.05, 3.63) is 70.1 Å². The average Bonchev–Trinajstić information content (AvgIpc) is 2.97. The van der Waals surface area contributed by atoms with Crippen molar-refractivity contribution in [1.82, 2.24) is 0 Å². The zero-order chi connectivity index (χ0) is 19.4. The van der Waals surface area contributed by atoms with Gasteiger partial charge in [-0.2, -0.15) is 0 Å². The van der Waals surface area contributed by atoms with Crippen LogP contribution in [0.1, 0.15) is 15.2 Å². The Morgan fingerprint density at radius 1 is 1.11 bits per heavy atom. The maximum atomic E-state index is 12.5. The predicted molar refractivity (Wildman–Crippen MR) is 117 cm³/mol. The summed E-state index contributed by atoms with van der Waals surface area (Å²) in [6.07, 6.45) is 0. The molecule has 0 aliphatic rings. The number of carbonyl (C=O) groups excluding carboxylic acids is 1. The molecule has 1 aromatic heterocycles. The van der Waals surface area contributed by atoms with Crippen molar-refractivity contribution in [3.63, 3.8) is 0 Å². The number of nitrogens with one attached hydrogen (secondary N) is 2. The molecule has 0 fully saturated rings. The van der Waals surface area contributed by atoms with Crippen LogP contribution in [0.5, 0.6) is 0 Å². The number of thiophene rings is 1. The molecule has 0 bridgehead atoms. The van der Waals surface area contributed by atoms with Crippen LogP contribution in [-0.2, 0) is 4.74 Å². The van der Waals surface area contributed by atoms with Gasteiger partial charge in [-0.1, -0.05) is 48.0 Å². The summed E-state index contributed by atoms with van der Waals surface area (Å²) < 4.78 is 5.01. The molecule has 0 unspecified atom stereocenters. The van der Waals surface area contributed by atoms with Gasteiger partial charge < -0.3 is 15.4 Å². The van der Waals surface area contributed by atoms with Gasteiger partial charge in [-0.05, 0) is 42.9 Å². The zero-order valence-electron chi connectivity index (χ0n) is 14.7. The zero-order valence-corrected chi connectivity index (χ0v) is 17.1. The molecule has 2 N–H and O–H groups in total. The van der Waals surface area contributed by atoms with E-state index in [4.69, 9.17) is 28.6 Å². The van der Waals surface area contributed by atoms with Crippen molar-refractivity contribution in [1.29, 1.82) is 0 Å². The molecule has 2 aromatic carbocycles. The van der Waals surface area contributed by atoms with Gasteiger partial charge in [0.05, 0.1) is 7.11 Å². The Kier molecular flexibility index (Phi) is 6.11. The average molecular weight is 417 g/mol. The van der Waals surface area contributed by atoms with E-state index in [1.165, 1.54) is 18.4 Å². The number of esters is 1. The fraction of sp³-hybridized carbons (Fsp3) is 0.100. The Morgan fingerprint density at radius 3 is 2.52 bits per heavy atom. The fourth-order valence-corrected chi connectivity index (χ4v) is 4.26. The van der Waals surface area contributed by atoms with Crippen LogP contribution >= 0.6 is 35.2 Å². The van der Waals surface area contributed by atoms with E-state index >= 15 is 0 Å². The first kappa shape index (κ1) is 19.4. The number of carbonyl (C=O) groups is 1. The minimum absolute atomic E-state index is 0.364. The number of halogens is 1. The van der Waals surface area contributed by atoms with Crippen molar-refractivity contribution in [2.24, 2.45) is 0 Å². The third kappa shape index (κ3) is 4.47. The molecular formula is C20H17ClN2O2S2. The number of ether oxygens (including phenoxy) is 1. The van der Waals surface area contributed by atoms with Crippen LogP contribution < -0.4 is 10.6 Å². The maximum Gasteiger partial charge on any atom is 0.341 e. The lowest BCUT2D eigenvalue weighted by Crippen LogP contribution is -2.20. The van der Waals surface area contributed by atoms with E-state index in [1.807, 2.05) is 49.4 Å². The van der Waals surface area contributed by atoms with Gasteiger partial charge in [0.15, 0.2) is 5.11 Å². The van der Waals surface area contributed by atoms with Crippen molar-refractivity contribution in [2.75, 3.05) is 17.7 Å². The Morgan fingerprint density at radius 2 is 1.85 bits per heavy atom. The first-order valence-electron chi connectivity index (χ1n) is 8.10. The van der Waals surface area contributed by atoms with E-state index < -0.39 is 5.97 Å². The van der Waals surface area contributed by atoms with Crippen molar-refractivity contribution in [2.45, 2.75) is 6.92 Å². The van der Waals surface area contributed by atoms with Crippen molar-refractivity contribution in [3.8, 4) is 11.1 Å². The van der Waals surface area contributed by atoms with Crippen LogP contribution in [-0.4, -0.2) is 18.2 Å². The van der Waals surface area contributed by atoms with Gasteiger partial charge in [-0.15, -0.1) is 11.3 Å². The van der Waals surface area contributed by atoms with E-state index in [1.54, 1.807) is 12.1 Å². The van der Waals surface area contributed by atoms with Gasteiger partial charge in [0.2, 0.25) is 0 Å².